The first-order chi connectivity index (χ1) is 26.0. The maximum atomic E-state index is 9.75. The Balaban J connectivity index is 1.25. The molecule has 1 aliphatic carbocycles. The molecule has 0 saturated carbocycles. The van der Waals surface area contributed by atoms with Gasteiger partial charge >= 0.3 is 0 Å². The molecule has 3 heterocycles. The number of pyridine rings is 1. The van der Waals surface area contributed by atoms with Crippen LogP contribution in [0.15, 0.2) is 90.1 Å². The van der Waals surface area contributed by atoms with E-state index in [-0.39, 0.29) is 10.8 Å². The zero-order valence-corrected chi connectivity index (χ0v) is 34.2. The molecule has 0 radical (unpaired) electrons. The molecular weight excluding hydrogens is 663 g/mol. The van der Waals surface area contributed by atoms with Crippen LogP contribution in [0.25, 0.3) is 27.6 Å². The van der Waals surface area contributed by atoms with Gasteiger partial charge in [-0.25, -0.2) is 9.98 Å². The Morgan fingerprint density at radius 1 is 0.759 bits per heavy atom. The summed E-state index contributed by atoms with van der Waals surface area (Å²) in [6.45, 7) is 27.8. The van der Waals surface area contributed by atoms with Crippen LogP contribution < -0.4 is 4.74 Å². The summed E-state index contributed by atoms with van der Waals surface area (Å²) in [6, 6.07) is 27.6. The number of hydrogen-bond acceptors (Lipinski definition) is 4. The van der Waals surface area contributed by atoms with Gasteiger partial charge in [0.1, 0.15) is 28.3 Å². The number of ether oxygens (including phenoxy) is 2. The molecule has 54 heavy (non-hydrogen) atoms. The van der Waals surface area contributed by atoms with Crippen molar-refractivity contribution in [3.8, 4) is 17.2 Å². The van der Waals surface area contributed by atoms with Gasteiger partial charge in [-0.1, -0.05) is 80.5 Å². The van der Waals surface area contributed by atoms with Crippen molar-refractivity contribution in [1.29, 1.82) is 0 Å². The molecule has 0 N–H and O–H groups in total. The lowest BCUT2D eigenvalue weighted by molar-refractivity contribution is -0.0673. The highest BCUT2D eigenvalue weighted by molar-refractivity contribution is 6.08. The molecule has 5 heteroatoms. The number of hydrogen-bond donors (Lipinski definition) is 0. The summed E-state index contributed by atoms with van der Waals surface area (Å²) in [4.78, 5) is 10.3. The average Bonchev–Trinajstić information content (AvgIpc) is 3.65. The van der Waals surface area contributed by atoms with Gasteiger partial charge in [0.25, 0.3) is 0 Å². The van der Waals surface area contributed by atoms with E-state index in [0.29, 0.717) is 23.0 Å². The van der Waals surface area contributed by atoms with Gasteiger partial charge in [-0.3, -0.25) is 4.57 Å². The summed E-state index contributed by atoms with van der Waals surface area (Å²) in [5.74, 6) is 1.80. The largest absolute Gasteiger partial charge is 0.467 e. The lowest BCUT2D eigenvalue weighted by Gasteiger charge is -2.45. The van der Waals surface area contributed by atoms with E-state index in [1.54, 1.807) is 0 Å². The average molecular weight is 720 g/mol. The van der Waals surface area contributed by atoms with Gasteiger partial charge in [0.15, 0.2) is 0 Å². The van der Waals surface area contributed by atoms with E-state index in [4.69, 9.17) is 19.5 Å². The number of aryl methyl sites for hydroxylation is 3. The number of rotatable bonds is 4. The molecule has 0 bridgehead atoms. The lowest BCUT2D eigenvalue weighted by atomic mass is 9.66. The van der Waals surface area contributed by atoms with Gasteiger partial charge in [-0.2, -0.15) is 0 Å². The van der Waals surface area contributed by atoms with Crippen molar-refractivity contribution in [1.82, 2.24) is 9.55 Å². The van der Waals surface area contributed by atoms with Gasteiger partial charge < -0.3 is 9.47 Å². The van der Waals surface area contributed by atoms with Gasteiger partial charge in [0.2, 0.25) is 5.90 Å². The maximum Gasteiger partial charge on any atom is 0.217 e. The fourth-order valence-electron chi connectivity index (χ4n) is 8.49. The van der Waals surface area contributed by atoms with Crippen molar-refractivity contribution in [3.05, 3.63) is 130 Å². The fraction of sp³-hybridized carbons (Fsp3) is 0.388. The molecule has 1 aliphatic heterocycles. The number of fused-ring (bicyclic) bond motifs is 6. The van der Waals surface area contributed by atoms with Crippen LogP contribution in [0.1, 0.15) is 116 Å². The van der Waals surface area contributed by atoms with E-state index in [2.05, 4.69) is 148 Å². The Labute approximate surface area is 324 Å². The van der Waals surface area contributed by atoms with Crippen molar-refractivity contribution >= 4 is 27.8 Å². The summed E-state index contributed by atoms with van der Waals surface area (Å²) < 4.78 is 35.7. The third-order valence-electron chi connectivity index (χ3n) is 11.7. The molecule has 278 valence electrons. The predicted octanol–water partition coefficient (Wildman–Crippen LogP) is 12.5. The van der Waals surface area contributed by atoms with E-state index in [1.807, 2.05) is 31.3 Å². The molecular formula is C49H55N3O2. The minimum absolute atomic E-state index is 0.0166. The molecule has 0 unspecified atom stereocenters. The van der Waals surface area contributed by atoms with E-state index in [9.17, 15) is 2.74 Å². The molecule has 6 aromatic rings. The highest BCUT2D eigenvalue weighted by Gasteiger charge is 2.66. The van der Waals surface area contributed by atoms with Gasteiger partial charge in [-0.05, 0) is 132 Å². The topological polar surface area (TPSA) is 48.6 Å². The molecule has 5 nitrogen and oxygen atoms in total. The van der Waals surface area contributed by atoms with E-state index in [1.165, 1.54) is 10.9 Å². The van der Waals surface area contributed by atoms with Crippen molar-refractivity contribution in [2.24, 2.45) is 10.4 Å². The first kappa shape index (κ1) is 33.7. The summed E-state index contributed by atoms with van der Waals surface area (Å²) in [5.41, 5.74) is 7.78. The Morgan fingerprint density at radius 2 is 1.46 bits per heavy atom. The Hall–Kier alpha value is -4.90. The van der Waals surface area contributed by atoms with Crippen LogP contribution >= 0.6 is 0 Å². The second kappa shape index (κ2) is 11.8. The molecule has 0 spiro atoms. The van der Waals surface area contributed by atoms with Crippen molar-refractivity contribution in [2.45, 2.75) is 118 Å². The highest BCUT2D eigenvalue weighted by atomic mass is 16.5. The zero-order valence-electron chi connectivity index (χ0n) is 36.2. The molecule has 0 fully saturated rings. The third kappa shape index (κ3) is 5.57. The molecule has 2 aromatic heterocycles. The smallest absolute Gasteiger partial charge is 0.217 e. The van der Waals surface area contributed by atoms with Crippen molar-refractivity contribution < 1.29 is 12.2 Å². The number of aliphatic imine (C=N–C) groups is 1. The van der Waals surface area contributed by atoms with Crippen LogP contribution in [0.2, 0.25) is 0 Å². The quantitative estimate of drug-likeness (QED) is 0.182. The highest BCUT2D eigenvalue weighted by Crippen LogP contribution is 2.60. The Kier molecular flexibility index (Phi) is 7.35. The molecule has 8 rings (SSSR count). The monoisotopic (exact) mass is 719 g/mol. The molecule has 0 amide bonds. The Morgan fingerprint density at radius 3 is 2.17 bits per heavy atom. The van der Waals surface area contributed by atoms with Gasteiger partial charge in [0, 0.05) is 43.1 Å². The van der Waals surface area contributed by atoms with Crippen molar-refractivity contribution in [2.75, 3.05) is 0 Å². The van der Waals surface area contributed by atoms with Crippen LogP contribution in [0, 0.1) is 26.2 Å². The van der Waals surface area contributed by atoms with Gasteiger partial charge in [-0.15, -0.1) is 0 Å². The number of nitrogens with zero attached hydrogens (tertiary/aromatic N) is 3. The van der Waals surface area contributed by atoms with E-state index in [0.717, 1.165) is 55.6 Å². The maximum absolute atomic E-state index is 9.75. The fourth-order valence-corrected chi connectivity index (χ4v) is 8.49. The van der Waals surface area contributed by atoms with E-state index >= 15 is 0 Å². The third-order valence-corrected chi connectivity index (χ3v) is 11.7. The second-order valence-corrected chi connectivity index (χ2v) is 18.9. The van der Waals surface area contributed by atoms with Crippen LogP contribution in [0.3, 0.4) is 0 Å². The number of benzene rings is 4. The molecule has 0 saturated heterocycles. The first-order valence-electron chi connectivity index (χ1n) is 20.2. The minimum Gasteiger partial charge on any atom is -0.467 e. The van der Waals surface area contributed by atoms with Crippen molar-refractivity contribution in [3.63, 3.8) is 0 Å². The van der Waals surface area contributed by atoms with Crippen LogP contribution in [-0.4, -0.2) is 21.0 Å². The van der Waals surface area contributed by atoms with E-state index < -0.39 is 22.9 Å². The summed E-state index contributed by atoms with van der Waals surface area (Å²) >= 11 is 0. The molecule has 4 aromatic carbocycles. The molecule has 2 aliphatic rings. The van der Waals surface area contributed by atoms with Gasteiger partial charge in [0.05, 0.1) is 11.2 Å². The minimum atomic E-state index is -1.81. The first-order valence-corrected chi connectivity index (χ1v) is 19.2. The van der Waals surface area contributed by atoms with Crippen LogP contribution in [-0.2, 0) is 27.5 Å². The van der Waals surface area contributed by atoms with Crippen LogP contribution in [0.4, 0.5) is 0 Å². The predicted molar refractivity (Wildman–Crippen MR) is 224 cm³/mol. The summed E-state index contributed by atoms with van der Waals surface area (Å²) in [5, 5.41) is 2.29. The summed E-state index contributed by atoms with van der Waals surface area (Å²) in [7, 11) is 0. The zero-order chi connectivity index (χ0) is 40.5. The number of aromatic nitrogens is 2. The van der Waals surface area contributed by atoms with Crippen LogP contribution in [0.5, 0.6) is 11.5 Å². The standard InChI is InChI=1S/C49H55N3O2/c1-29-19-36(52-42-17-16-34(45(4,5)6)26-40(42)39-15-14-18-50-43(39)52)27-37(20-29)53-38-24-32(23-35(25-38)46(7,8)9)44-51-48(13)41-22-31(3)30(2)21-33(41)28-49(48,54-44)47(10,11)12/h14-27H,28H2,1-13H3/t48-,49-/m1/s1/i28D2. The summed E-state index contributed by atoms with van der Waals surface area (Å²) in [6.07, 6.45) is 0.0432. The second-order valence-electron chi connectivity index (χ2n) is 18.9. The Bertz CT molecular complexity index is 2630. The normalized spacial score (nSPS) is 21.4. The lowest BCUT2D eigenvalue weighted by Crippen LogP contribution is -2.54. The SMILES string of the molecule is [2H]C1([2H])c2cc(C)c(C)cc2[C@@]2(C)N=C(c3cc(Oc4cc(C)cc(-n5c6ccc(C(C)(C)C)cc6c6cccnc65)c4)cc(C(C)(C)C)c3)O[C@@]12C(C)(C)C. The molecule has 2 atom stereocenters.